The molecule has 0 N–H and O–H groups in total. The molecular weight excluding hydrogens is 306 g/mol. The fraction of sp³-hybridized carbons (Fsp3) is 0.714. The second kappa shape index (κ2) is 6.98. The number of thiazole rings is 1. The first-order valence-corrected chi connectivity index (χ1v) is 9.73. The molecule has 118 valence electrons. The number of carbonyl (C=O) groups is 1. The third-order valence-corrected chi connectivity index (χ3v) is 5.48. The van der Waals surface area contributed by atoms with Crippen molar-refractivity contribution in [3.05, 3.63) is 11.1 Å². The van der Waals surface area contributed by atoms with Gasteiger partial charge < -0.3 is 0 Å². The lowest BCUT2D eigenvalue weighted by Crippen LogP contribution is -2.33. The van der Waals surface area contributed by atoms with Crippen LogP contribution in [-0.2, 0) is 22.1 Å². The van der Waals surface area contributed by atoms with E-state index in [0.29, 0.717) is 18.3 Å². The van der Waals surface area contributed by atoms with Crippen molar-refractivity contribution in [3.8, 4) is 0 Å². The summed E-state index contributed by atoms with van der Waals surface area (Å²) in [6.07, 6.45) is 3.88. The van der Waals surface area contributed by atoms with Crippen molar-refractivity contribution in [3.63, 3.8) is 0 Å². The van der Waals surface area contributed by atoms with Crippen LogP contribution in [0.5, 0.6) is 0 Å². The standard InChI is InChI=1S/C14H23N3O2S2/c1-10(9-21(4)19)16(3)7-12-8-20-14(15-12)17(11(2)18)13-5-6-13/h8,10,13H,5-7,9H2,1-4H3/t10-,21+/m1/s1. The van der Waals surface area contributed by atoms with Crippen molar-refractivity contribution >= 4 is 33.2 Å². The lowest BCUT2D eigenvalue weighted by atomic mass is 10.3. The lowest BCUT2D eigenvalue weighted by Gasteiger charge is -2.23. The minimum absolute atomic E-state index is 0.0708. The summed E-state index contributed by atoms with van der Waals surface area (Å²) in [5.74, 6) is 0.733. The number of rotatable bonds is 7. The molecule has 0 spiro atoms. The van der Waals surface area contributed by atoms with Gasteiger partial charge in [0.25, 0.3) is 0 Å². The maximum absolute atomic E-state index is 11.7. The molecule has 2 rings (SSSR count). The van der Waals surface area contributed by atoms with Crippen molar-refractivity contribution in [1.29, 1.82) is 0 Å². The van der Waals surface area contributed by atoms with Crippen LogP contribution in [-0.4, -0.2) is 51.1 Å². The second-order valence-electron chi connectivity index (χ2n) is 5.75. The zero-order valence-corrected chi connectivity index (χ0v) is 14.7. The van der Waals surface area contributed by atoms with Gasteiger partial charge in [-0.1, -0.05) is 0 Å². The van der Waals surface area contributed by atoms with Gasteiger partial charge in [0, 0.05) is 53.7 Å². The van der Waals surface area contributed by atoms with Crippen LogP contribution in [0.4, 0.5) is 5.13 Å². The van der Waals surface area contributed by atoms with E-state index in [-0.39, 0.29) is 11.9 Å². The number of aromatic nitrogens is 1. The lowest BCUT2D eigenvalue weighted by molar-refractivity contribution is -0.116. The molecule has 0 saturated heterocycles. The van der Waals surface area contributed by atoms with Crippen LogP contribution < -0.4 is 4.90 Å². The minimum atomic E-state index is -0.793. The summed E-state index contributed by atoms with van der Waals surface area (Å²) in [5, 5.41) is 2.82. The van der Waals surface area contributed by atoms with E-state index in [1.54, 1.807) is 13.2 Å². The maximum atomic E-state index is 11.7. The average Bonchev–Trinajstić information content (AvgIpc) is 3.09. The van der Waals surface area contributed by atoms with Crippen molar-refractivity contribution in [2.75, 3.05) is 24.0 Å². The summed E-state index contributed by atoms with van der Waals surface area (Å²) in [7, 11) is 1.22. The summed E-state index contributed by atoms with van der Waals surface area (Å²) in [6.45, 7) is 4.39. The molecule has 1 aliphatic rings. The van der Waals surface area contributed by atoms with Gasteiger partial charge in [0.1, 0.15) is 0 Å². The second-order valence-corrected chi connectivity index (χ2v) is 8.06. The first-order valence-electron chi connectivity index (χ1n) is 7.13. The zero-order valence-electron chi connectivity index (χ0n) is 13.0. The van der Waals surface area contributed by atoms with Gasteiger partial charge in [-0.25, -0.2) is 4.98 Å². The molecule has 1 fully saturated rings. The number of amides is 1. The number of nitrogens with zero attached hydrogens (tertiary/aromatic N) is 3. The molecule has 7 heteroatoms. The minimum Gasteiger partial charge on any atom is -0.297 e. The molecule has 1 saturated carbocycles. The Morgan fingerprint density at radius 2 is 2.24 bits per heavy atom. The number of hydrogen-bond donors (Lipinski definition) is 0. The predicted octanol–water partition coefficient (Wildman–Crippen LogP) is 1.86. The monoisotopic (exact) mass is 329 g/mol. The van der Waals surface area contributed by atoms with E-state index in [9.17, 15) is 9.00 Å². The quantitative estimate of drug-likeness (QED) is 0.766. The van der Waals surface area contributed by atoms with Crippen molar-refractivity contribution in [2.45, 2.75) is 45.3 Å². The Morgan fingerprint density at radius 3 is 2.76 bits per heavy atom. The van der Waals surface area contributed by atoms with Gasteiger partial charge in [0.15, 0.2) is 5.13 Å². The van der Waals surface area contributed by atoms with E-state index in [1.807, 2.05) is 17.3 Å². The first-order chi connectivity index (χ1) is 9.88. The summed E-state index contributed by atoms with van der Waals surface area (Å²) in [4.78, 5) is 20.3. The molecule has 0 unspecified atom stereocenters. The van der Waals surface area contributed by atoms with Crippen LogP contribution in [0.3, 0.4) is 0 Å². The van der Waals surface area contributed by atoms with Crippen LogP contribution in [0.25, 0.3) is 0 Å². The van der Waals surface area contributed by atoms with E-state index in [4.69, 9.17) is 0 Å². The SMILES string of the molecule is CC(=O)N(c1nc(CN(C)[C@H](C)C[S@](C)=O)cs1)C1CC1. The van der Waals surface area contributed by atoms with E-state index >= 15 is 0 Å². The van der Waals surface area contributed by atoms with Gasteiger partial charge in [-0.3, -0.25) is 18.8 Å². The molecule has 0 bridgehead atoms. The normalized spacial score (nSPS) is 17.8. The summed E-state index contributed by atoms with van der Waals surface area (Å²) in [5.41, 5.74) is 0.970. The Labute approximate surface area is 132 Å². The van der Waals surface area contributed by atoms with Crippen molar-refractivity contribution in [2.24, 2.45) is 0 Å². The van der Waals surface area contributed by atoms with Gasteiger partial charge in [0.05, 0.1) is 5.69 Å². The topological polar surface area (TPSA) is 53.5 Å². The van der Waals surface area contributed by atoms with E-state index in [2.05, 4.69) is 16.8 Å². The first kappa shape index (κ1) is 16.6. The van der Waals surface area contributed by atoms with Gasteiger partial charge >= 0.3 is 0 Å². The number of hydrogen-bond acceptors (Lipinski definition) is 5. The molecule has 2 atom stereocenters. The fourth-order valence-corrected chi connectivity index (χ4v) is 4.10. The third kappa shape index (κ3) is 4.59. The summed E-state index contributed by atoms with van der Waals surface area (Å²) < 4.78 is 11.3. The molecule has 1 aliphatic carbocycles. The molecule has 1 amide bonds. The smallest absolute Gasteiger partial charge is 0.225 e. The Kier molecular flexibility index (Phi) is 5.51. The molecular formula is C14H23N3O2S2. The Hall–Kier alpha value is -0.790. The highest BCUT2D eigenvalue weighted by molar-refractivity contribution is 7.84. The largest absolute Gasteiger partial charge is 0.297 e. The molecule has 0 aromatic carbocycles. The average molecular weight is 329 g/mol. The highest BCUT2D eigenvalue weighted by Crippen LogP contribution is 2.33. The molecule has 5 nitrogen and oxygen atoms in total. The van der Waals surface area contributed by atoms with E-state index in [0.717, 1.165) is 23.7 Å². The fourth-order valence-electron chi connectivity index (χ4n) is 2.24. The highest BCUT2D eigenvalue weighted by atomic mass is 32.2. The Balaban J connectivity index is 1.99. The van der Waals surface area contributed by atoms with Gasteiger partial charge in [-0.15, -0.1) is 11.3 Å². The summed E-state index contributed by atoms with van der Waals surface area (Å²) >= 11 is 1.53. The van der Waals surface area contributed by atoms with E-state index in [1.165, 1.54) is 11.3 Å². The number of carbonyl (C=O) groups excluding carboxylic acids is 1. The Morgan fingerprint density at radius 1 is 1.57 bits per heavy atom. The molecule has 0 aliphatic heterocycles. The molecule has 1 heterocycles. The maximum Gasteiger partial charge on any atom is 0.225 e. The Bertz CT molecular complexity index is 528. The molecule has 1 aromatic heterocycles. The summed E-state index contributed by atoms with van der Waals surface area (Å²) in [6, 6.07) is 0.592. The molecule has 0 radical (unpaired) electrons. The highest BCUT2D eigenvalue weighted by Gasteiger charge is 2.33. The predicted molar refractivity (Wildman–Crippen MR) is 88.2 cm³/mol. The van der Waals surface area contributed by atoms with E-state index < -0.39 is 10.8 Å². The van der Waals surface area contributed by atoms with Crippen molar-refractivity contribution in [1.82, 2.24) is 9.88 Å². The van der Waals surface area contributed by atoms with Gasteiger partial charge in [0.2, 0.25) is 5.91 Å². The van der Waals surface area contributed by atoms with Crippen LogP contribution in [0, 0.1) is 0 Å². The molecule has 1 aromatic rings. The number of anilines is 1. The van der Waals surface area contributed by atoms with Crippen LogP contribution >= 0.6 is 11.3 Å². The van der Waals surface area contributed by atoms with Gasteiger partial charge in [-0.05, 0) is 26.8 Å². The van der Waals surface area contributed by atoms with Crippen LogP contribution in [0.1, 0.15) is 32.4 Å². The molecule has 21 heavy (non-hydrogen) atoms. The van der Waals surface area contributed by atoms with Crippen molar-refractivity contribution < 1.29 is 9.00 Å². The van der Waals surface area contributed by atoms with Gasteiger partial charge in [-0.2, -0.15) is 0 Å². The van der Waals surface area contributed by atoms with Crippen LogP contribution in [0.15, 0.2) is 5.38 Å². The zero-order chi connectivity index (χ0) is 15.6. The van der Waals surface area contributed by atoms with Crippen LogP contribution in [0.2, 0.25) is 0 Å². The third-order valence-electron chi connectivity index (χ3n) is 3.64.